The van der Waals surface area contributed by atoms with E-state index in [1.165, 1.54) is 49.8 Å². The Balaban J connectivity index is 1.59. The Bertz CT molecular complexity index is 1230. The maximum Gasteiger partial charge on any atom is 0.140 e. The monoisotopic (exact) mass is 482 g/mol. The quantitative estimate of drug-likeness (QED) is 0.200. The maximum atomic E-state index is 14.6. The summed E-state index contributed by atoms with van der Waals surface area (Å²) in [7, 11) is 0. The fourth-order valence-corrected chi connectivity index (χ4v) is 4.06. The van der Waals surface area contributed by atoms with Crippen LogP contribution in [0.25, 0.3) is 0 Å². The van der Waals surface area contributed by atoms with Gasteiger partial charge in [0.1, 0.15) is 11.6 Å². The molecule has 36 heavy (non-hydrogen) atoms. The van der Waals surface area contributed by atoms with E-state index < -0.39 is 5.82 Å². The zero-order valence-electron chi connectivity index (χ0n) is 21.6. The van der Waals surface area contributed by atoms with Crippen LogP contribution in [-0.4, -0.2) is 0 Å². The SMILES string of the molecule is CCCCCCCc1ccc(C#Cc2ccc(C#Cc3ccc(CCCCC)c(F)c3)cc2F)cc1. The van der Waals surface area contributed by atoms with E-state index in [9.17, 15) is 8.78 Å². The minimum Gasteiger partial charge on any atom is -0.207 e. The third-order valence-electron chi connectivity index (χ3n) is 6.29. The van der Waals surface area contributed by atoms with Gasteiger partial charge in [-0.2, -0.15) is 0 Å². The highest BCUT2D eigenvalue weighted by Gasteiger charge is 2.03. The van der Waals surface area contributed by atoms with E-state index in [0.29, 0.717) is 16.7 Å². The van der Waals surface area contributed by atoms with Gasteiger partial charge in [0.25, 0.3) is 0 Å². The molecular formula is C34H36F2. The summed E-state index contributed by atoms with van der Waals surface area (Å²) < 4.78 is 28.9. The van der Waals surface area contributed by atoms with Gasteiger partial charge in [0.15, 0.2) is 0 Å². The summed E-state index contributed by atoms with van der Waals surface area (Å²) in [6.45, 7) is 4.36. The van der Waals surface area contributed by atoms with Crippen LogP contribution in [0.5, 0.6) is 0 Å². The van der Waals surface area contributed by atoms with Gasteiger partial charge < -0.3 is 0 Å². The molecule has 0 N–H and O–H groups in total. The molecule has 0 aliphatic heterocycles. The Morgan fingerprint density at radius 1 is 0.528 bits per heavy atom. The highest BCUT2D eigenvalue weighted by Crippen LogP contribution is 2.15. The smallest absolute Gasteiger partial charge is 0.140 e. The fraction of sp³-hybridized carbons (Fsp3) is 0.353. The lowest BCUT2D eigenvalue weighted by molar-refractivity contribution is 0.598. The normalized spacial score (nSPS) is 10.3. The average Bonchev–Trinajstić information content (AvgIpc) is 2.89. The van der Waals surface area contributed by atoms with E-state index >= 15 is 0 Å². The van der Waals surface area contributed by atoms with E-state index in [1.54, 1.807) is 18.2 Å². The van der Waals surface area contributed by atoms with Crippen molar-refractivity contribution in [2.75, 3.05) is 0 Å². The van der Waals surface area contributed by atoms with Crippen molar-refractivity contribution < 1.29 is 8.78 Å². The van der Waals surface area contributed by atoms with Crippen LogP contribution in [-0.2, 0) is 12.8 Å². The first-order valence-corrected chi connectivity index (χ1v) is 13.3. The molecule has 0 saturated carbocycles. The third kappa shape index (κ3) is 9.02. The standard InChI is InChI=1S/C34H36F2/c1-3-5-7-8-10-11-27-13-15-28(16-14-27)19-22-32-24-21-30(26-34(32)36)18-17-29-20-23-31(33(35)25-29)12-9-6-4-2/h13-16,20-21,23-26H,3-12H2,1-2H3. The zero-order chi connectivity index (χ0) is 25.6. The van der Waals surface area contributed by atoms with E-state index in [4.69, 9.17) is 0 Å². The molecule has 0 amide bonds. The summed E-state index contributed by atoms with van der Waals surface area (Å²) in [5, 5.41) is 0. The highest BCUT2D eigenvalue weighted by atomic mass is 19.1. The molecule has 3 aromatic rings. The van der Waals surface area contributed by atoms with Gasteiger partial charge in [0.05, 0.1) is 5.56 Å². The summed E-state index contributed by atoms with van der Waals surface area (Å²) in [5.41, 5.74) is 4.36. The highest BCUT2D eigenvalue weighted by molar-refractivity contribution is 5.49. The Morgan fingerprint density at radius 3 is 1.75 bits per heavy atom. The van der Waals surface area contributed by atoms with Crippen molar-refractivity contribution in [2.45, 2.75) is 78.1 Å². The van der Waals surface area contributed by atoms with Crippen LogP contribution in [0.2, 0.25) is 0 Å². The Labute approximate surface area is 216 Å². The number of rotatable bonds is 10. The van der Waals surface area contributed by atoms with E-state index in [1.807, 2.05) is 18.2 Å². The summed E-state index contributed by atoms with van der Waals surface area (Å²) in [6, 6.07) is 18.1. The second-order valence-electron chi connectivity index (χ2n) is 9.32. The molecular weight excluding hydrogens is 446 g/mol. The third-order valence-corrected chi connectivity index (χ3v) is 6.29. The molecule has 0 heterocycles. The van der Waals surface area contributed by atoms with E-state index in [-0.39, 0.29) is 5.82 Å². The lowest BCUT2D eigenvalue weighted by atomic mass is 10.0. The largest absolute Gasteiger partial charge is 0.207 e. The zero-order valence-corrected chi connectivity index (χ0v) is 21.6. The second-order valence-corrected chi connectivity index (χ2v) is 9.32. The summed E-state index contributed by atoms with van der Waals surface area (Å²) in [4.78, 5) is 0. The van der Waals surface area contributed by atoms with Gasteiger partial charge in [-0.1, -0.05) is 94.3 Å². The minimum atomic E-state index is -0.407. The number of hydrogen-bond acceptors (Lipinski definition) is 0. The first-order valence-electron chi connectivity index (χ1n) is 13.3. The topological polar surface area (TPSA) is 0 Å². The molecule has 0 nitrogen and oxygen atoms in total. The number of hydrogen-bond donors (Lipinski definition) is 0. The lowest BCUT2D eigenvalue weighted by Gasteiger charge is -2.03. The number of unbranched alkanes of at least 4 members (excludes halogenated alkanes) is 6. The minimum absolute atomic E-state index is 0.227. The van der Waals surface area contributed by atoms with Gasteiger partial charge in [-0.3, -0.25) is 0 Å². The average molecular weight is 483 g/mol. The summed E-state index contributed by atoms with van der Waals surface area (Å²) in [5.74, 6) is 11.2. The number of halogens is 2. The molecule has 3 aromatic carbocycles. The predicted octanol–water partition coefficient (Wildman–Crippen LogP) is 9.01. The molecule has 0 aliphatic rings. The molecule has 0 aliphatic carbocycles. The van der Waals surface area contributed by atoms with Crippen LogP contribution in [0.15, 0.2) is 60.7 Å². The van der Waals surface area contributed by atoms with Gasteiger partial charge in [-0.25, -0.2) is 8.78 Å². The van der Waals surface area contributed by atoms with E-state index in [0.717, 1.165) is 43.2 Å². The number of aryl methyl sites for hydroxylation is 2. The van der Waals surface area contributed by atoms with Crippen molar-refractivity contribution in [3.63, 3.8) is 0 Å². The molecule has 0 atom stereocenters. The van der Waals surface area contributed by atoms with Gasteiger partial charge in [0.2, 0.25) is 0 Å². The molecule has 0 bridgehead atoms. The molecule has 0 radical (unpaired) electrons. The summed E-state index contributed by atoms with van der Waals surface area (Å²) >= 11 is 0. The lowest BCUT2D eigenvalue weighted by Crippen LogP contribution is -1.92. The number of benzene rings is 3. The van der Waals surface area contributed by atoms with Crippen LogP contribution in [0.3, 0.4) is 0 Å². The first kappa shape index (κ1) is 27.2. The van der Waals surface area contributed by atoms with Gasteiger partial charge >= 0.3 is 0 Å². The van der Waals surface area contributed by atoms with Crippen molar-refractivity contribution in [3.8, 4) is 23.7 Å². The summed E-state index contributed by atoms with van der Waals surface area (Å²) in [6.07, 6.45) is 11.4. The maximum absolute atomic E-state index is 14.6. The Kier molecular flexibility index (Phi) is 11.3. The van der Waals surface area contributed by atoms with Crippen LogP contribution in [0, 0.1) is 35.3 Å². The van der Waals surface area contributed by atoms with Crippen LogP contribution >= 0.6 is 0 Å². The molecule has 0 unspecified atom stereocenters. The van der Waals surface area contributed by atoms with Gasteiger partial charge in [-0.15, -0.1) is 0 Å². The molecule has 3 rings (SSSR count). The van der Waals surface area contributed by atoms with Crippen molar-refractivity contribution in [3.05, 3.63) is 106 Å². The van der Waals surface area contributed by atoms with Crippen molar-refractivity contribution in [1.29, 1.82) is 0 Å². The first-order chi connectivity index (χ1) is 17.6. The molecule has 0 spiro atoms. The Morgan fingerprint density at radius 2 is 1.08 bits per heavy atom. The fourth-order valence-electron chi connectivity index (χ4n) is 4.06. The van der Waals surface area contributed by atoms with Crippen molar-refractivity contribution >= 4 is 0 Å². The van der Waals surface area contributed by atoms with Gasteiger partial charge in [-0.05, 0) is 79.3 Å². The molecule has 186 valence electrons. The van der Waals surface area contributed by atoms with Crippen molar-refractivity contribution in [2.24, 2.45) is 0 Å². The molecule has 0 saturated heterocycles. The van der Waals surface area contributed by atoms with E-state index in [2.05, 4.69) is 49.7 Å². The Hall–Kier alpha value is -3.36. The van der Waals surface area contributed by atoms with Crippen LogP contribution in [0.1, 0.15) is 98.6 Å². The molecule has 0 fully saturated rings. The van der Waals surface area contributed by atoms with Gasteiger partial charge in [0, 0.05) is 16.7 Å². The molecule has 2 heteroatoms. The second kappa shape index (κ2) is 14.9. The predicted molar refractivity (Wildman–Crippen MR) is 147 cm³/mol. The van der Waals surface area contributed by atoms with Crippen LogP contribution in [0.4, 0.5) is 8.78 Å². The molecule has 0 aromatic heterocycles. The van der Waals surface area contributed by atoms with Crippen molar-refractivity contribution in [1.82, 2.24) is 0 Å². The van der Waals surface area contributed by atoms with Crippen LogP contribution < -0.4 is 0 Å².